The zero-order valence-corrected chi connectivity index (χ0v) is 14.5. The van der Waals surface area contributed by atoms with Gasteiger partial charge in [0.1, 0.15) is 5.82 Å². The second-order valence-electron chi connectivity index (χ2n) is 6.30. The number of hydrogen-bond donors (Lipinski definition) is 1. The van der Waals surface area contributed by atoms with Crippen LogP contribution in [-0.4, -0.2) is 52.9 Å². The first-order valence-corrected chi connectivity index (χ1v) is 8.47. The van der Waals surface area contributed by atoms with Crippen molar-refractivity contribution in [3.8, 4) is 11.4 Å². The van der Waals surface area contributed by atoms with E-state index in [-0.39, 0.29) is 6.04 Å². The molecule has 1 saturated heterocycles. The van der Waals surface area contributed by atoms with Gasteiger partial charge in [-0.1, -0.05) is 5.16 Å². The maximum atomic E-state index is 5.53. The van der Waals surface area contributed by atoms with Crippen LogP contribution in [0.5, 0.6) is 0 Å². The molecule has 2 aromatic heterocycles. The number of nitrogens with zero attached hydrogens (tertiary/aromatic N) is 4. The van der Waals surface area contributed by atoms with Crippen molar-refractivity contribution < 1.29 is 9.26 Å². The van der Waals surface area contributed by atoms with Gasteiger partial charge in [-0.3, -0.25) is 4.90 Å². The highest BCUT2D eigenvalue weighted by Crippen LogP contribution is 2.33. The number of anilines is 1. The lowest BCUT2D eigenvalue weighted by molar-refractivity contribution is 0.170. The van der Waals surface area contributed by atoms with Crippen molar-refractivity contribution in [2.24, 2.45) is 0 Å². The van der Waals surface area contributed by atoms with Crippen LogP contribution in [0.25, 0.3) is 11.4 Å². The molecule has 7 nitrogen and oxygen atoms in total. The fourth-order valence-electron chi connectivity index (χ4n) is 3.07. The number of likely N-dealkylation sites (tertiary alicyclic amines) is 1. The molecule has 0 aromatic carbocycles. The van der Waals surface area contributed by atoms with Crippen LogP contribution < -0.4 is 5.32 Å². The Morgan fingerprint density at radius 1 is 1.42 bits per heavy atom. The first kappa shape index (κ1) is 16.9. The molecule has 0 aliphatic carbocycles. The highest BCUT2D eigenvalue weighted by Gasteiger charge is 2.32. The van der Waals surface area contributed by atoms with E-state index in [0.29, 0.717) is 24.4 Å². The third-order valence-corrected chi connectivity index (χ3v) is 4.32. The predicted molar refractivity (Wildman–Crippen MR) is 91.7 cm³/mol. The summed E-state index contributed by atoms with van der Waals surface area (Å²) in [5.41, 5.74) is 0.858. The Hall–Kier alpha value is -1.99. The molecule has 1 aliphatic rings. The third-order valence-electron chi connectivity index (χ3n) is 4.32. The summed E-state index contributed by atoms with van der Waals surface area (Å²) in [6.07, 6.45) is 4.00. The molecule has 1 atom stereocenters. The molecule has 130 valence electrons. The lowest BCUT2D eigenvalue weighted by atomic mass is 10.2. The van der Waals surface area contributed by atoms with Crippen molar-refractivity contribution in [1.29, 1.82) is 0 Å². The number of hydrogen-bond acceptors (Lipinski definition) is 7. The molecule has 0 radical (unpaired) electrons. The fraction of sp³-hybridized carbons (Fsp3) is 0.588. The second-order valence-corrected chi connectivity index (χ2v) is 6.30. The summed E-state index contributed by atoms with van der Waals surface area (Å²) in [5.74, 6) is 2.11. The molecule has 0 spiro atoms. The van der Waals surface area contributed by atoms with Gasteiger partial charge >= 0.3 is 0 Å². The molecule has 3 rings (SSSR count). The zero-order chi connectivity index (χ0) is 16.9. The molecule has 3 heterocycles. The lowest BCUT2D eigenvalue weighted by Crippen LogP contribution is -2.30. The summed E-state index contributed by atoms with van der Waals surface area (Å²) >= 11 is 0. The number of ether oxygens (including phenoxy) is 1. The smallest absolute Gasteiger partial charge is 0.244 e. The molecular formula is C17H25N5O2. The molecule has 2 aromatic rings. The van der Waals surface area contributed by atoms with Crippen LogP contribution in [0.3, 0.4) is 0 Å². The Morgan fingerprint density at radius 3 is 3.00 bits per heavy atom. The summed E-state index contributed by atoms with van der Waals surface area (Å²) in [4.78, 5) is 11.4. The normalized spacial score (nSPS) is 18.4. The van der Waals surface area contributed by atoms with Crippen LogP contribution in [0, 0.1) is 0 Å². The van der Waals surface area contributed by atoms with Crippen LogP contribution in [-0.2, 0) is 4.74 Å². The van der Waals surface area contributed by atoms with Gasteiger partial charge in [0.25, 0.3) is 0 Å². The molecule has 24 heavy (non-hydrogen) atoms. The molecule has 0 bridgehead atoms. The van der Waals surface area contributed by atoms with Crippen LogP contribution in [0.4, 0.5) is 5.82 Å². The van der Waals surface area contributed by atoms with E-state index < -0.39 is 0 Å². The molecule has 1 N–H and O–H groups in total. The van der Waals surface area contributed by atoms with E-state index in [1.54, 1.807) is 13.3 Å². The Kier molecular flexibility index (Phi) is 5.42. The van der Waals surface area contributed by atoms with Crippen molar-refractivity contribution in [3.63, 3.8) is 0 Å². The SMILES string of the molecule is COCCNc1ccc(-c2noc(C3CCCN3C(C)C)n2)cn1. The predicted octanol–water partition coefficient (Wildman–Crippen LogP) is 2.74. The van der Waals surface area contributed by atoms with Gasteiger partial charge in [0.05, 0.1) is 12.6 Å². The minimum Gasteiger partial charge on any atom is -0.383 e. The van der Waals surface area contributed by atoms with E-state index in [9.17, 15) is 0 Å². The fourth-order valence-corrected chi connectivity index (χ4v) is 3.07. The Bertz CT molecular complexity index is 641. The second kappa shape index (κ2) is 7.72. The summed E-state index contributed by atoms with van der Waals surface area (Å²) < 4.78 is 10.5. The van der Waals surface area contributed by atoms with E-state index in [0.717, 1.165) is 30.9 Å². The average Bonchev–Trinajstić information content (AvgIpc) is 3.25. The Balaban J connectivity index is 1.69. The Morgan fingerprint density at radius 2 is 2.29 bits per heavy atom. The van der Waals surface area contributed by atoms with Crippen LogP contribution in [0.15, 0.2) is 22.9 Å². The summed E-state index contributed by atoms with van der Waals surface area (Å²) in [7, 11) is 1.68. The van der Waals surface area contributed by atoms with Crippen LogP contribution in [0.1, 0.15) is 38.6 Å². The van der Waals surface area contributed by atoms with Crippen molar-refractivity contribution in [2.75, 3.05) is 32.1 Å². The first-order chi connectivity index (χ1) is 11.7. The number of pyridine rings is 1. The van der Waals surface area contributed by atoms with Crippen molar-refractivity contribution in [1.82, 2.24) is 20.0 Å². The molecule has 1 unspecified atom stereocenters. The van der Waals surface area contributed by atoms with Crippen LogP contribution >= 0.6 is 0 Å². The van der Waals surface area contributed by atoms with Gasteiger partial charge in [0.2, 0.25) is 11.7 Å². The molecule has 1 aliphatic heterocycles. The van der Waals surface area contributed by atoms with Gasteiger partial charge in [-0.25, -0.2) is 4.98 Å². The summed E-state index contributed by atoms with van der Waals surface area (Å²) in [6.45, 7) is 6.86. The molecule has 0 amide bonds. The number of methoxy groups -OCH3 is 1. The van der Waals surface area contributed by atoms with Crippen molar-refractivity contribution in [3.05, 3.63) is 24.2 Å². The van der Waals surface area contributed by atoms with Crippen molar-refractivity contribution >= 4 is 5.82 Å². The third kappa shape index (κ3) is 3.73. The van der Waals surface area contributed by atoms with Gasteiger partial charge in [-0.15, -0.1) is 0 Å². The summed E-state index contributed by atoms with van der Waals surface area (Å²) in [6, 6.07) is 4.57. The lowest BCUT2D eigenvalue weighted by Gasteiger charge is -2.25. The maximum Gasteiger partial charge on any atom is 0.244 e. The van der Waals surface area contributed by atoms with Crippen LogP contribution in [0.2, 0.25) is 0 Å². The van der Waals surface area contributed by atoms with Gasteiger partial charge in [-0.2, -0.15) is 4.98 Å². The van der Waals surface area contributed by atoms with Gasteiger partial charge in [-0.05, 0) is 45.4 Å². The quantitative estimate of drug-likeness (QED) is 0.782. The van der Waals surface area contributed by atoms with Gasteiger partial charge < -0.3 is 14.6 Å². The van der Waals surface area contributed by atoms with E-state index >= 15 is 0 Å². The van der Waals surface area contributed by atoms with Gasteiger partial charge in [0.15, 0.2) is 0 Å². The minimum atomic E-state index is 0.231. The van der Waals surface area contributed by atoms with Crippen molar-refractivity contribution in [2.45, 2.75) is 38.8 Å². The topological polar surface area (TPSA) is 76.3 Å². The molecule has 1 fully saturated rings. The minimum absolute atomic E-state index is 0.231. The molecule has 7 heteroatoms. The number of nitrogens with one attached hydrogen (secondary N) is 1. The largest absolute Gasteiger partial charge is 0.383 e. The zero-order valence-electron chi connectivity index (χ0n) is 14.5. The van der Waals surface area contributed by atoms with E-state index in [1.165, 1.54) is 6.42 Å². The standard InChI is InChI=1S/C17H25N5O2/c1-12(2)22-9-4-5-14(22)17-20-16(21-24-17)13-6-7-15(19-11-13)18-8-10-23-3/h6-7,11-12,14H,4-5,8-10H2,1-3H3,(H,18,19). The molecule has 0 saturated carbocycles. The van der Waals surface area contributed by atoms with Gasteiger partial charge in [0, 0.05) is 31.5 Å². The highest BCUT2D eigenvalue weighted by molar-refractivity contribution is 5.55. The van der Waals surface area contributed by atoms with E-state index in [4.69, 9.17) is 9.26 Å². The highest BCUT2D eigenvalue weighted by atomic mass is 16.5. The first-order valence-electron chi connectivity index (χ1n) is 8.47. The number of aromatic nitrogens is 3. The van der Waals surface area contributed by atoms with E-state index in [1.807, 2.05) is 12.1 Å². The molecular weight excluding hydrogens is 306 g/mol. The summed E-state index contributed by atoms with van der Waals surface area (Å²) in [5, 5.41) is 7.32. The number of rotatable bonds is 7. The van der Waals surface area contributed by atoms with E-state index in [2.05, 4.69) is 39.2 Å². The average molecular weight is 331 g/mol. The maximum absolute atomic E-state index is 5.53. The Labute approximate surface area is 142 Å². The monoisotopic (exact) mass is 331 g/mol.